The minimum Gasteiger partial charge on any atom is -0.493 e. The van der Waals surface area contributed by atoms with Crippen molar-refractivity contribution in [2.45, 2.75) is 62.1 Å². The average Bonchev–Trinajstić information content (AvgIpc) is 3.33. The molecule has 0 bridgehead atoms. The van der Waals surface area contributed by atoms with E-state index < -0.39 is 29.2 Å². The molecule has 10 heteroatoms. The van der Waals surface area contributed by atoms with Crippen LogP contribution in [-0.4, -0.2) is 74.9 Å². The van der Waals surface area contributed by atoms with E-state index in [1.54, 1.807) is 14.2 Å². The molecule has 3 fully saturated rings. The molecule has 1 aliphatic carbocycles. The molecule has 2 saturated heterocycles. The van der Waals surface area contributed by atoms with Crippen molar-refractivity contribution in [3.8, 4) is 11.5 Å². The Morgan fingerprint density at radius 2 is 1.69 bits per heavy atom. The molecule has 0 spiro atoms. The third-order valence-electron chi connectivity index (χ3n) is 9.04. The molecule has 0 radical (unpaired) electrons. The number of methoxy groups -OCH3 is 2. The molecule has 2 aromatic rings. The lowest BCUT2D eigenvalue weighted by atomic mass is 9.65. The van der Waals surface area contributed by atoms with Gasteiger partial charge in [-0.2, -0.15) is 0 Å². The molecule has 3 unspecified atom stereocenters. The van der Waals surface area contributed by atoms with Crippen LogP contribution < -0.4 is 20.1 Å². The highest BCUT2D eigenvalue weighted by atomic mass is 19.2. The van der Waals surface area contributed by atoms with Crippen molar-refractivity contribution in [3.05, 3.63) is 53.3 Å². The van der Waals surface area contributed by atoms with E-state index in [0.717, 1.165) is 70.3 Å². The van der Waals surface area contributed by atoms with Crippen molar-refractivity contribution in [3.63, 3.8) is 0 Å². The molecule has 5 rings (SSSR count). The summed E-state index contributed by atoms with van der Waals surface area (Å²) in [6.07, 6.45) is 5.54. The van der Waals surface area contributed by atoms with Crippen molar-refractivity contribution < 1.29 is 27.4 Å². The normalized spacial score (nSPS) is 26.2. The van der Waals surface area contributed by atoms with Gasteiger partial charge in [-0.15, -0.1) is 0 Å². The smallest absolute Gasteiger partial charge is 0.319 e. The van der Waals surface area contributed by atoms with Crippen molar-refractivity contribution >= 4 is 11.7 Å². The fourth-order valence-corrected chi connectivity index (χ4v) is 6.93. The number of amides is 2. The molecule has 0 aromatic heterocycles. The number of carbonyl (C=O) groups excluding carboxylic acids is 1. The van der Waals surface area contributed by atoms with Gasteiger partial charge in [0.1, 0.15) is 0 Å². The zero-order valence-corrected chi connectivity index (χ0v) is 22.7. The number of urea groups is 1. The maximum Gasteiger partial charge on any atom is 0.319 e. The standard InChI is InChI=1S/C29H37F3N4O3/c1-35-13-9-20(10-14-35)36-15-12-29(18-4-7-23(38-2)24(16-18)39-3)11-8-19(17-25(29)36)33-28(37)34-22-6-5-21(30)26(31)27(22)32/h4-7,16,19-20,25H,8-15,17H2,1-3H3,(H2,33,34,37). The van der Waals surface area contributed by atoms with Gasteiger partial charge in [-0.05, 0) is 95.0 Å². The largest absolute Gasteiger partial charge is 0.493 e. The molecule has 2 amide bonds. The van der Waals surface area contributed by atoms with Crippen molar-refractivity contribution in [2.24, 2.45) is 0 Å². The molecule has 7 nitrogen and oxygen atoms in total. The van der Waals surface area contributed by atoms with Gasteiger partial charge in [0.25, 0.3) is 0 Å². The monoisotopic (exact) mass is 546 g/mol. The van der Waals surface area contributed by atoms with Crippen LogP contribution in [0.2, 0.25) is 0 Å². The van der Waals surface area contributed by atoms with Crippen molar-refractivity contribution in [2.75, 3.05) is 46.2 Å². The zero-order valence-electron chi connectivity index (χ0n) is 22.7. The quantitative estimate of drug-likeness (QED) is 0.505. The molecule has 39 heavy (non-hydrogen) atoms. The molecule has 2 aliphatic heterocycles. The van der Waals surface area contributed by atoms with E-state index in [1.807, 2.05) is 6.07 Å². The Morgan fingerprint density at radius 3 is 2.41 bits per heavy atom. The van der Waals surface area contributed by atoms with Gasteiger partial charge in [-0.1, -0.05) is 6.07 Å². The number of nitrogens with one attached hydrogen (secondary N) is 2. The lowest BCUT2D eigenvalue weighted by Crippen LogP contribution is -2.56. The molecule has 2 N–H and O–H groups in total. The minimum absolute atomic E-state index is 0.0935. The summed E-state index contributed by atoms with van der Waals surface area (Å²) in [4.78, 5) is 17.8. The Kier molecular flexibility index (Phi) is 7.96. The van der Waals surface area contributed by atoms with E-state index in [1.165, 1.54) is 5.56 Å². The maximum absolute atomic E-state index is 14.1. The van der Waals surface area contributed by atoms with E-state index >= 15 is 0 Å². The Hall–Kier alpha value is -2.98. The number of carbonyl (C=O) groups is 1. The first-order valence-electron chi connectivity index (χ1n) is 13.6. The zero-order chi connectivity index (χ0) is 27.7. The summed E-state index contributed by atoms with van der Waals surface area (Å²) in [6, 6.07) is 7.90. The van der Waals surface area contributed by atoms with Gasteiger partial charge in [0.05, 0.1) is 19.9 Å². The molecule has 2 aromatic carbocycles. The SMILES string of the molecule is COc1ccc(C23CCC(NC(=O)Nc4ccc(F)c(F)c4F)CC2N(C2CCN(C)CC2)CC3)cc1OC. The van der Waals surface area contributed by atoms with Crippen molar-refractivity contribution in [1.29, 1.82) is 0 Å². The summed E-state index contributed by atoms with van der Waals surface area (Å²) < 4.78 is 52.2. The van der Waals surface area contributed by atoms with E-state index in [9.17, 15) is 18.0 Å². The number of likely N-dealkylation sites (tertiary alicyclic amines) is 2. The lowest BCUT2D eigenvalue weighted by molar-refractivity contribution is 0.0673. The summed E-state index contributed by atoms with van der Waals surface area (Å²) >= 11 is 0. The summed E-state index contributed by atoms with van der Waals surface area (Å²) in [6.45, 7) is 3.09. The summed E-state index contributed by atoms with van der Waals surface area (Å²) in [5.74, 6) is -2.92. The highest BCUT2D eigenvalue weighted by Crippen LogP contribution is 2.51. The number of fused-ring (bicyclic) bond motifs is 1. The van der Waals surface area contributed by atoms with E-state index in [2.05, 4.69) is 39.6 Å². The molecule has 2 heterocycles. The third-order valence-corrected chi connectivity index (χ3v) is 9.04. The van der Waals surface area contributed by atoms with Crippen LogP contribution >= 0.6 is 0 Å². The van der Waals surface area contributed by atoms with E-state index in [4.69, 9.17) is 9.47 Å². The lowest BCUT2D eigenvalue weighted by Gasteiger charge is -2.48. The number of nitrogens with zero attached hydrogens (tertiary/aromatic N) is 2. The second-order valence-electron chi connectivity index (χ2n) is 11.1. The molecular formula is C29H37F3N4O3. The van der Waals surface area contributed by atoms with Crippen LogP contribution in [0.1, 0.15) is 44.1 Å². The minimum atomic E-state index is -1.61. The number of benzene rings is 2. The Morgan fingerprint density at radius 1 is 0.949 bits per heavy atom. The van der Waals surface area contributed by atoms with Crippen LogP contribution in [0, 0.1) is 17.5 Å². The predicted molar refractivity (Wildman–Crippen MR) is 143 cm³/mol. The van der Waals surface area contributed by atoms with Gasteiger partial charge < -0.3 is 25.0 Å². The van der Waals surface area contributed by atoms with Gasteiger partial charge in [-0.3, -0.25) is 4.90 Å². The topological polar surface area (TPSA) is 66.1 Å². The molecular weight excluding hydrogens is 509 g/mol. The number of ether oxygens (including phenoxy) is 2. The third kappa shape index (κ3) is 5.28. The number of hydrogen-bond donors (Lipinski definition) is 2. The first kappa shape index (κ1) is 27.6. The van der Waals surface area contributed by atoms with Gasteiger partial charge in [0.2, 0.25) is 0 Å². The molecule has 3 aliphatic rings. The number of anilines is 1. The van der Waals surface area contributed by atoms with Crippen LogP contribution in [0.25, 0.3) is 0 Å². The fourth-order valence-electron chi connectivity index (χ4n) is 6.93. The number of hydrogen-bond acceptors (Lipinski definition) is 5. The summed E-state index contributed by atoms with van der Waals surface area (Å²) in [5, 5.41) is 5.32. The molecule has 212 valence electrons. The Balaban J connectivity index is 1.37. The number of rotatable bonds is 6. The van der Waals surface area contributed by atoms with Crippen LogP contribution in [0.4, 0.5) is 23.7 Å². The first-order chi connectivity index (χ1) is 18.8. The predicted octanol–water partition coefficient (Wildman–Crippen LogP) is 4.90. The number of piperidine rings is 1. The molecule has 1 saturated carbocycles. The first-order valence-corrected chi connectivity index (χ1v) is 13.6. The highest BCUT2D eigenvalue weighted by molar-refractivity contribution is 5.89. The van der Waals surface area contributed by atoms with E-state index in [0.29, 0.717) is 17.5 Å². The van der Waals surface area contributed by atoms with Crippen LogP contribution in [0.15, 0.2) is 30.3 Å². The second kappa shape index (κ2) is 11.3. The molecule has 3 atom stereocenters. The highest BCUT2D eigenvalue weighted by Gasteiger charge is 2.53. The van der Waals surface area contributed by atoms with Crippen LogP contribution in [0.5, 0.6) is 11.5 Å². The maximum atomic E-state index is 14.1. The summed E-state index contributed by atoms with van der Waals surface area (Å²) in [5.41, 5.74) is 0.729. The van der Waals surface area contributed by atoms with Crippen LogP contribution in [0.3, 0.4) is 0 Å². The second-order valence-corrected chi connectivity index (χ2v) is 11.1. The Bertz CT molecular complexity index is 1210. The summed E-state index contributed by atoms with van der Waals surface area (Å²) in [7, 11) is 5.43. The fraction of sp³-hybridized carbons (Fsp3) is 0.552. The van der Waals surface area contributed by atoms with Crippen molar-refractivity contribution in [1.82, 2.24) is 15.1 Å². The number of halogens is 3. The average molecular weight is 547 g/mol. The van der Waals surface area contributed by atoms with Gasteiger partial charge >= 0.3 is 6.03 Å². The Labute approximate surface area is 227 Å². The van der Waals surface area contributed by atoms with Crippen LogP contribution in [-0.2, 0) is 5.41 Å². The van der Waals surface area contributed by atoms with Gasteiger partial charge in [0.15, 0.2) is 29.0 Å². The van der Waals surface area contributed by atoms with Gasteiger partial charge in [0, 0.05) is 23.5 Å². The van der Waals surface area contributed by atoms with Gasteiger partial charge in [-0.25, -0.2) is 18.0 Å². The van der Waals surface area contributed by atoms with E-state index in [-0.39, 0.29) is 17.5 Å².